The van der Waals surface area contributed by atoms with E-state index in [0.29, 0.717) is 6.54 Å². The molecule has 1 aromatic carbocycles. The van der Waals surface area contributed by atoms with E-state index in [4.69, 9.17) is 10.5 Å². The molecular weight excluding hydrogens is 240 g/mol. The number of hydrogen-bond donors (Lipinski definition) is 2. The summed E-state index contributed by atoms with van der Waals surface area (Å²) >= 11 is 0. The van der Waals surface area contributed by atoms with Gasteiger partial charge in [0.2, 0.25) is 0 Å². The van der Waals surface area contributed by atoms with E-state index in [2.05, 4.69) is 24.0 Å². The SMILES string of the molecule is CC[C@@H](N)c1ccccc1N1CC(C)OC(CO)C1. The van der Waals surface area contributed by atoms with Crippen LogP contribution in [-0.4, -0.2) is 37.0 Å². The van der Waals surface area contributed by atoms with Crippen LogP contribution in [0.2, 0.25) is 0 Å². The molecule has 3 atom stereocenters. The summed E-state index contributed by atoms with van der Waals surface area (Å²) in [5, 5.41) is 9.32. The van der Waals surface area contributed by atoms with E-state index < -0.39 is 0 Å². The first-order chi connectivity index (χ1) is 9.15. The molecule has 0 spiro atoms. The third-order valence-electron chi connectivity index (χ3n) is 3.65. The molecule has 1 fully saturated rings. The highest BCUT2D eigenvalue weighted by Gasteiger charge is 2.26. The van der Waals surface area contributed by atoms with Crippen molar-refractivity contribution in [3.63, 3.8) is 0 Å². The van der Waals surface area contributed by atoms with Gasteiger partial charge in [-0.3, -0.25) is 0 Å². The van der Waals surface area contributed by atoms with Crippen LogP contribution in [0, 0.1) is 0 Å². The summed E-state index contributed by atoms with van der Waals surface area (Å²) in [5.74, 6) is 0. The van der Waals surface area contributed by atoms with E-state index in [-0.39, 0.29) is 24.9 Å². The van der Waals surface area contributed by atoms with Gasteiger partial charge in [-0.05, 0) is 25.0 Å². The molecule has 0 radical (unpaired) electrons. The fourth-order valence-corrected chi connectivity index (χ4v) is 2.65. The second-order valence-electron chi connectivity index (χ2n) is 5.23. The Bertz CT molecular complexity index is 411. The van der Waals surface area contributed by atoms with Gasteiger partial charge in [0.1, 0.15) is 0 Å². The third kappa shape index (κ3) is 3.26. The molecule has 2 unspecified atom stereocenters. The van der Waals surface area contributed by atoms with Gasteiger partial charge in [-0.25, -0.2) is 0 Å². The first-order valence-electron chi connectivity index (χ1n) is 7.01. The lowest BCUT2D eigenvalue weighted by molar-refractivity contribution is -0.0421. The van der Waals surface area contributed by atoms with Crippen LogP contribution in [0.4, 0.5) is 5.69 Å². The van der Waals surface area contributed by atoms with Crippen molar-refractivity contribution in [2.24, 2.45) is 5.73 Å². The Kier molecular flexibility index (Phi) is 4.80. The highest BCUT2D eigenvalue weighted by molar-refractivity contribution is 5.55. The average molecular weight is 264 g/mol. The molecule has 0 aromatic heterocycles. The van der Waals surface area contributed by atoms with Crippen molar-refractivity contribution in [2.45, 2.75) is 38.5 Å². The second kappa shape index (κ2) is 6.37. The monoisotopic (exact) mass is 264 g/mol. The number of para-hydroxylation sites is 1. The summed E-state index contributed by atoms with van der Waals surface area (Å²) < 4.78 is 5.69. The molecule has 4 nitrogen and oxygen atoms in total. The number of nitrogens with two attached hydrogens (primary N) is 1. The fraction of sp³-hybridized carbons (Fsp3) is 0.600. The van der Waals surface area contributed by atoms with Gasteiger partial charge in [-0.15, -0.1) is 0 Å². The van der Waals surface area contributed by atoms with Crippen LogP contribution in [0.3, 0.4) is 0 Å². The normalized spacial score (nSPS) is 25.4. The zero-order valence-electron chi connectivity index (χ0n) is 11.7. The summed E-state index contributed by atoms with van der Waals surface area (Å²) in [5.41, 5.74) is 8.54. The van der Waals surface area contributed by atoms with Crippen LogP contribution < -0.4 is 10.6 Å². The van der Waals surface area contributed by atoms with E-state index in [1.807, 2.05) is 19.1 Å². The average Bonchev–Trinajstić information content (AvgIpc) is 2.45. The van der Waals surface area contributed by atoms with Crippen molar-refractivity contribution in [2.75, 3.05) is 24.6 Å². The van der Waals surface area contributed by atoms with Crippen LogP contribution in [0.15, 0.2) is 24.3 Å². The smallest absolute Gasteiger partial charge is 0.0984 e. The summed E-state index contributed by atoms with van der Waals surface area (Å²) in [6.07, 6.45) is 0.923. The minimum Gasteiger partial charge on any atom is -0.394 e. The van der Waals surface area contributed by atoms with Crippen LogP contribution in [0.5, 0.6) is 0 Å². The summed E-state index contributed by atoms with van der Waals surface area (Å²) in [6, 6.07) is 8.33. The van der Waals surface area contributed by atoms with E-state index in [0.717, 1.165) is 13.0 Å². The highest BCUT2D eigenvalue weighted by Crippen LogP contribution is 2.29. The van der Waals surface area contributed by atoms with Crippen molar-refractivity contribution < 1.29 is 9.84 Å². The molecule has 1 aliphatic rings. The quantitative estimate of drug-likeness (QED) is 0.868. The predicted molar refractivity (Wildman–Crippen MR) is 77.3 cm³/mol. The van der Waals surface area contributed by atoms with E-state index in [1.54, 1.807) is 0 Å². The molecule has 4 heteroatoms. The fourth-order valence-electron chi connectivity index (χ4n) is 2.65. The van der Waals surface area contributed by atoms with E-state index in [1.165, 1.54) is 11.3 Å². The van der Waals surface area contributed by atoms with Crippen LogP contribution in [-0.2, 0) is 4.74 Å². The van der Waals surface area contributed by atoms with Crippen molar-refractivity contribution in [3.05, 3.63) is 29.8 Å². The van der Waals surface area contributed by atoms with E-state index >= 15 is 0 Å². The molecule has 0 aliphatic carbocycles. The number of aliphatic hydroxyl groups excluding tert-OH is 1. The largest absolute Gasteiger partial charge is 0.394 e. The molecule has 1 aromatic rings. The number of aliphatic hydroxyl groups is 1. The van der Waals surface area contributed by atoms with Gasteiger partial charge < -0.3 is 20.5 Å². The molecular formula is C15H24N2O2. The standard InChI is InChI=1S/C15H24N2O2/c1-3-14(16)13-6-4-5-7-15(13)17-8-11(2)19-12(9-17)10-18/h4-7,11-12,14,18H,3,8-10,16H2,1-2H3/t11?,12?,14-/m1/s1. The molecule has 19 heavy (non-hydrogen) atoms. The summed E-state index contributed by atoms with van der Waals surface area (Å²) in [6.45, 7) is 5.75. The number of benzene rings is 1. The van der Waals surface area contributed by atoms with Crippen molar-refractivity contribution >= 4 is 5.69 Å². The highest BCUT2D eigenvalue weighted by atomic mass is 16.5. The van der Waals surface area contributed by atoms with Crippen molar-refractivity contribution in [3.8, 4) is 0 Å². The minimum absolute atomic E-state index is 0.0573. The molecule has 1 saturated heterocycles. The van der Waals surface area contributed by atoms with Gasteiger partial charge in [0, 0.05) is 24.8 Å². The number of morpholine rings is 1. The Morgan fingerprint density at radius 1 is 1.42 bits per heavy atom. The van der Waals surface area contributed by atoms with Crippen LogP contribution >= 0.6 is 0 Å². The maximum atomic E-state index is 9.32. The number of ether oxygens (including phenoxy) is 1. The Morgan fingerprint density at radius 3 is 2.84 bits per heavy atom. The van der Waals surface area contributed by atoms with E-state index in [9.17, 15) is 5.11 Å². The third-order valence-corrected chi connectivity index (χ3v) is 3.65. The molecule has 1 aliphatic heterocycles. The Balaban J connectivity index is 2.25. The molecule has 0 amide bonds. The zero-order valence-corrected chi connectivity index (χ0v) is 11.7. The lowest BCUT2D eigenvalue weighted by Crippen LogP contribution is -2.48. The van der Waals surface area contributed by atoms with Gasteiger partial charge in [0.15, 0.2) is 0 Å². The lowest BCUT2D eigenvalue weighted by Gasteiger charge is -2.39. The van der Waals surface area contributed by atoms with Gasteiger partial charge in [-0.2, -0.15) is 0 Å². The first-order valence-corrected chi connectivity index (χ1v) is 7.01. The second-order valence-corrected chi connectivity index (χ2v) is 5.23. The number of rotatable bonds is 4. The van der Waals surface area contributed by atoms with Crippen LogP contribution in [0.1, 0.15) is 31.9 Å². The summed E-state index contributed by atoms with van der Waals surface area (Å²) in [4.78, 5) is 2.28. The maximum Gasteiger partial charge on any atom is 0.0984 e. The van der Waals surface area contributed by atoms with Gasteiger partial charge >= 0.3 is 0 Å². The zero-order chi connectivity index (χ0) is 13.8. The topological polar surface area (TPSA) is 58.7 Å². The molecule has 106 valence electrons. The maximum absolute atomic E-state index is 9.32. The molecule has 3 N–H and O–H groups in total. The number of anilines is 1. The lowest BCUT2D eigenvalue weighted by atomic mass is 10.0. The van der Waals surface area contributed by atoms with Gasteiger partial charge in [-0.1, -0.05) is 25.1 Å². The predicted octanol–water partition coefficient (Wildman–Crippen LogP) is 1.68. The van der Waals surface area contributed by atoms with Gasteiger partial charge in [0.05, 0.1) is 18.8 Å². The Hall–Kier alpha value is -1.10. The van der Waals surface area contributed by atoms with Crippen molar-refractivity contribution in [1.29, 1.82) is 0 Å². The van der Waals surface area contributed by atoms with Gasteiger partial charge in [0.25, 0.3) is 0 Å². The Morgan fingerprint density at radius 2 is 2.16 bits per heavy atom. The molecule has 0 saturated carbocycles. The number of hydrogen-bond acceptors (Lipinski definition) is 4. The molecule has 0 bridgehead atoms. The molecule has 1 heterocycles. The minimum atomic E-state index is -0.116. The first kappa shape index (κ1) is 14.3. The van der Waals surface area contributed by atoms with Crippen LogP contribution in [0.25, 0.3) is 0 Å². The summed E-state index contributed by atoms with van der Waals surface area (Å²) in [7, 11) is 0. The Labute approximate surface area is 115 Å². The number of nitrogens with zero attached hydrogens (tertiary/aromatic N) is 1. The molecule has 2 rings (SSSR count). The van der Waals surface area contributed by atoms with Crippen molar-refractivity contribution in [1.82, 2.24) is 0 Å².